The van der Waals surface area contributed by atoms with Crippen molar-refractivity contribution in [2.75, 3.05) is 25.0 Å². The van der Waals surface area contributed by atoms with Crippen molar-refractivity contribution in [2.24, 2.45) is 0 Å². The molecule has 3 rings (SSSR count). The Kier molecular flexibility index (Phi) is 4.34. The Hall–Kier alpha value is -2.40. The molecule has 0 atom stereocenters. The van der Waals surface area contributed by atoms with Gasteiger partial charge in [0.2, 0.25) is 0 Å². The van der Waals surface area contributed by atoms with Crippen molar-refractivity contribution >= 4 is 11.5 Å². The lowest BCUT2D eigenvalue weighted by molar-refractivity contribution is 0.0990. The number of rotatable bonds is 5. The number of halogens is 1. The molecule has 1 aliphatic heterocycles. The number of benzene rings is 2. The normalized spacial score (nSPS) is 13.0. The van der Waals surface area contributed by atoms with E-state index in [1.807, 2.05) is 0 Å². The standard InChI is InChI=1S/C17H17FN2O2/c18-14-4-2-1-3-13(14)10-19-11-16(21)12-5-6-17-15(9-12)20-7-8-22-17/h1-6,9,19-20H,7-8,10-11H2. The first-order valence-corrected chi connectivity index (χ1v) is 7.22. The maximum atomic E-state index is 13.5. The summed E-state index contributed by atoms with van der Waals surface area (Å²) in [6.45, 7) is 1.85. The van der Waals surface area contributed by atoms with Crippen molar-refractivity contribution in [3.63, 3.8) is 0 Å². The van der Waals surface area contributed by atoms with Crippen LogP contribution in [0, 0.1) is 5.82 Å². The summed E-state index contributed by atoms with van der Waals surface area (Å²) in [5.41, 5.74) is 2.00. The van der Waals surface area contributed by atoms with E-state index in [9.17, 15) is 9.18 Å². The molecule has 0 amide bonds. The van der Waals surface area contributed by atoms with E-state index in [0.29, 0.717) is 24.3 Å². The molecule has 22 heavy (non-hydrogen) atoms. The van der Waals surface area contributed by atoms with E-state index < -0.39 is 0 Å². The average molecular weight is 300 g/mol. The number of ether oxygens (including phenoxy) is 1. The van der Waals surface area contributed by atoms with Gasteiger partial charge >= 0.3 is 0 Å². The highest BCUT2D eigenvalue weighted by atomic mass is 19.1. The largest absolute Gasteiger partial charge is 0.490 e. The van der Waals surface area contributed by atoms with Crippen molar-refractivity contribution in [3.05, 3.63) is 59.4 Å². The summed E-state index contributed by atoms with van der Waals surface area (Å²) in [5.74, 6) is 0.464. The highest BCUT2D eigenvalue weighted by Crippen LogP contribution is 2.28. The van der Waals surface area contributed by atoms with Gasteiger partial charge in [-0.15, -0.1) is 0 Å². The minimum atomic E-state index is -0.266. The third kappa shape index (κ3) is 3.26. The van der Waals surface area contributed by atoms with Crippen LogP contribution in [0.5, 0.6) is 5.75 Å². The average Bonchev–Trinajstić information content (AvgIpc) is 2.56. The number of hydrogen-bond donors (Lipinski definition) is 2. The van der Waals surface area contributed by atoms with Gasteiger partial charge in [-0.1, -0.05) is 18.2 Å². The van der Waals surface area contributed by atoms with Gasteiger partial charge < -0.3 is 15.4 Å². The molecule has 0 saturated heterocycles. The van der Waals surface area contributed by atoms with Crippen molar-refractivity contribution in [1.29, 1.82) is 0 Å². The SMILES string of the molecule is O=C(CNCc1ccccc1F)c1ccc2c(c1)NCCO2. The van der Waals surface area contributed by atoms with Crippen molar-refractivity contribution in [3.8, 4) is 5.75 Å². The summed E-state index contributed by atoms with van der Waals surface area (Å²) < 4.78 is 19.0. The summed E-state index contributed by atoms with van der Waals surface area (Å²) in [7, 11) is 0. The number of ketones is 1. The summed E-state index contributed by atoms with van der Waals surface area (Å²) in [6.07, 6.45) is 0. The van der Waals surface area contributed by atoms with E-state index in [0.717, 1.165) is 18.0 Å². The molecule has 1 aliphatic rings. The van der Waals surface area contributed by atoms with Crippen LogP contribution in [0.2, 0.25) is 0 Å². The van der Waals surface area contributed by atoms with E-state index in [4.69, 9.17) is 4.74 Å². The summed E-state index contributed by atoms with van der Waals surface area (Å²) in [5, 5.41) is 6.18. The molecule has 0 bridgehead atoms. The van der Waals surface area contributed by atoms with Crippen LogP contribution in [0.4, 0.5) is 10.1 Å². The van der Waals surface area contributed by atoms with Gasteiger partial charge in [0.05, 0.1) is 12.2 Å². The van der Waals surface area contributed by atoms with Crippen molar-refractivity contribution in [2.45, 2.75) is 6.54 Å². The number of nitrogens with one attached hydrogen (secondary N) is 2. The highest BCUT2D eigenvalue weighted by molar-refractivity contribution is 5.98. The number of carbonyl (C=O) groups is 1. The monoisotopic (exact) mass is 300 g/mol. The van der Waals surface area contributed by atoms with Crippen LogP contribution in [0.1, 0.15) is 15.9 Å². The third-order valence-corrected chi connectivity index (χ3v) is 3.54. The van der Waals surface area contributed by atoms with E-state index >= 15 is 0 Å². The van der Waals surface area contributed by atoms with Gasteiger partial charge in [-0.3, -0.25) is 4.79 Å². The number of hydrogen-bond acceptors (Lipinski definition) is 4. The Morgan fingerprint density at radius 2 is 2.14 bits per heavy atom. The van der Waals surface area contributed by atoms with Crippen LogP contribution in [0.15, 0.2) is 42.5 Å². The zero-order chi connectivity index (χ0) is 15.4. The predicted octanol–water partition coefficient (Wildman–Crippen LogP) is 2.60. The minimum Gasteiger partial charge on any atom is -0.490 e. The zero-order valence-electron chi connectivity index (χ0n) is 12.1. The molecule has 0 radical (unpaired) electrons. The third-order valence-electron chi connectivity index (χ3n) is 3.54. The van der Waals surface area contributed by atoms with Crippen LogP contribution in [-0.4, -0.2) is 25.5 Å². The first-order valence-electron chi connectivity index (χ1n) is 7.22. The molecular formula is C17H17FN2O2. The van der Waals surface area contributed by atoms with Gasteiger partial charge in [-0.25, -0.2) is 4.39 Å². The smallest absolute Gasteiger partial charge is 0.176 e. The van der Waals surface area contributed by atoms with Gasteiger partial charge in [0.15, 0.2) is 5.78 Å². The predicted molar refractivity (Wildman–Crippen MR) is 82.9 cm³/mol. The molecule has 2 N–H and O–H groups in total. The molecule has 4 nitrogen and oxygen atoms in total. The highest BCUT2D eigenvalue weighted by Gasteiger charge is 2.13. The van der Waals surface area contributed by atoms with Crippen LogP contribution < -0.4 is 15.4 Å². The van der Waals surface area contributed by atoms with Gasteiger partial charge in [-0.05, 0) is 24.3 Å². The number of carbonyl (C=O) groups excluding carboxylic acids is 1. The lowest BCUT2D eigenvalue weighted by Crippen LogP contribution is -2.24. The molecule has 1 heterocycles. The fourth-order valence-corrected chi connectivity index (χ4v) is 2.37. The fourth-order valence-electron chi connectivity index (χ4n) is 2.37. The van der Waals surface area contributed by atoms with Gasteiger partial charge in [0.1, 0.15) is 18.2 Å². The van der Waals surface area contributed by atoms with Crippen LogP contribution >= 0.6 is 0 Å². The Morgan fingerprint density at radius 3 is 3.00 bits per heavy atom. The molecular weight excluding hydrogens is 283 g/mol. The fraction of sp³-hybridized carbons (Fsp3) is 0.235. The van der Waals surface area contributed by atoms with Crippen molar-refractivity contribution < 1.29 is 13.9 Å². The molecule has 0 spiro atoms. The first-order chi connectivity index (χ1) is 10.7. The first kappa shape index (κ1) is 14.5. The molecule has 0 saturated carbocycles. The summed E-state index contributed by atoms with van der Waals surface area (Å²) in [4.78, 5) is 12.2. The molecule has 114 valence electrons. The number of Topliss-reactive ketones (excluding diaryl/α,β-unsaturated/α-hetero) is 1. The Labute approximate surface area is 128 Å². The molecule has 0 aliphatic carbocycles. The summed E-state index contributed by atoms with van der Waals surface area (Å²) in [6, 6.07) is 11.9. The van der Waals surface area contributed by atoms with E-state index in [-0.39, 0.29) is 18.1 Å². The molecule has 0 aromatic heterocycles. The summed E-state index contributed by atoms with van der Waals surface area (Å²) >= 11 is 0. The molecule has 5 heteroatoms. The zero-order valence-corrected chi connectivity index (χ0v) is 12.1. The maximum Gasteiger partial charge on any atom is 0.176 e. The lowest BCUT2D eigenvalue weighted by Gasteiger charge is -2.19. The molecule has 2 aromatic rings. The lowest BCUT2D eigenvalue weighted by atomic mass is 10.1. The maximum absolute atomic E-state index is 13.5. The minimum absolute atomic E-state index is 0.0356. The second-order valence-electron chi connectivity index (χ2n) is 5.10. The van der Waals surface area contributed by atoms with Crippen LogP contribution in [0.3, 0.4) is 0 Å². The van der Waals surface area contributed by atoms with E-state index in [1.165, 1.54) is 6.07 Å². The van der Waals surface area contributed by atoms with Crippen molar-refractivity contribution in [1.82, 2.24) is 5.32 Å². The molecule has 0 fully saturated rings. The van der Waals surface area contributed by atoms with Crippen LogP contribution in [-0.2, 0) is 6.54 Å². The van der Waals surface area contributed by atoms with Crippen LogP contribution in [0.25, 0.3) is 0 Å². The van der Waals surface area contributed by atoms with E-state index in [1.54, 1.807) is 36.4 Å². The quantitative estimate of drug-likeness (QED) is 0.833. The Morgan fingerprint density at radius 1 is 1.27 bits per heavy atom. The van der Waals surface area contributed by atoms with Gasteiger partial charge in [0.25, 0.3) is 0 Å². The Balaban J connectivity index is 1.59. The van der Waals surface area contributed by atoms with Gasteiger partial charge in [0, 0.05) is 24.2 Å². The number of anilines is 1. The molecule has 0 unspecified atom stereocenters. The second-order valence-corrected chi connectivity index (χ2v) is 5.10. The van der Waals surface area contributed by atoms with Gasteiger partial charge in [-0.2, -0.15) is 0 Å². The van der Waals surface area contributed by atoms with E-state index in [2.05, 4.69) is 10.6 Å². The second kappa shape index (κ2) is 6.58. The molecule has 2 aromatic carbocycles. The number of fused-ring (bicyclic) bond motifs is 1. The topological polar surface area (TPSA) is 50.4 Å². The Bertz CT molecular complexity index is 688.